The van der Waals surface area contributed by atoms with Gasteiger partial charge in [-0.05, 0) is 24.1 Å². The summed E-state index contributed by atoms with van der Waals surface area (Å²) in [5, 5.41) is 3.85. The molecule has 0 aliphatic rings. The van der Waals surface area contributed by atoms with E-state index in [4.69, 9.17) is 11.6 Å². The van der Waals surface area contributed by atoms with Gasteiger partial charge in [-0.1, -0.05) is 30.3 Å². The molecule has 8 heteroatoms. The van der Waals surface area contributed by atoms with Gasteiger partial charge in [-0.15, -0.1) is 11.8 Å². The van der Waals surface area contributed by atoms with E-state index >= 15 is 0 Å². The zero-order chi connectivity index (χ0) is 16.9. The number of carbonyl (C=O) groups excluding carboxylic acids is 1. The number of hydrogen-bond acceptors (Lipinski definition) is 5. The van der Waals surface area contributed by atoms with Crippen molar-refractivity contribution in [2.45, 2.75) is 24.4 Å². The van der Waals surface area contributed by atoms with Crippen molar-refractivity contribution in [2.75, 3.05) is 5.75 Å². The van der Waals surface area contributed by atoms with Gasteiger partial charge in [-0.3, -0.25) is 4.79 Å². The van der Waals surface area contributed by atoms with E-state index in [9.17, 15) is 4.79 Å². The number of amides is 1. The van der Waals surface area contributed by atoms with Gasteiger partial charge in [-0.2, -0.15) is 4.98 Å². The topological polar surface area (TPSA) is 83.6 Å². The van der Waals surface area contributed by atoms with Gasteiger partial charge in [0.15, 0.2) is 5.65 Å². The van der Waals surface area contributed by atoms with Crippen LogP contribution in [0, 0.1) is 0 Å². The fraction of sp³-hybridized carbons (Fsp3) is 0.250. The Kier molecular flexibility index (Phi) is 5.32. The summed E-state index contributed by atoms with van der Waals surface area (Å²) in [7, 11) is 0. The Bertz CT molecular complexity index is 839. The number of benzene rings is 1. The molecule has 1 aromatic carbocycles. The molecule has 1 atom stereocenters. The quantitative estimate of drug-likeness (QED) is 0.399. The lowest BCUT2D eigenvalue weighted by atomic mass is 10.1. The second-order valence-corrected chi connectivity index (χ2v) is 6.62. The largest absolute Gasteiger partial charge is 0.350 e. The highest BCUT2D eigenvalue weighted by Gasteiger charge is 2.12. The number of halogens is 1. The molecule has 0 spiro atoms. The van der Waals surface area contributed by atoms with E-state index in [-0.39, 0.29) is 17.2 Å². The van der Waals surface area contributed by atoms with Gasteiger partial charge in [-0.25, -0.2) is 9.97 Å². The highest BCUT2D eigenvalue weighted by molar-refractivity contribution is 7.99. The Hall–Kier alpha value is -2.12. The van der Waals surface area contributed by atoms with E-state index in [0.29, 0.717) is 22.8 Å². The van der Waals surface area contributed by atoms with Gasteiger partial charge >= 0.3 is 0 Å². The van der Waals surface area contributed by atoms with Crippen molar-refractivity contribution in [3.8, 4) is 0 Å². The number of rotatable bonds is 6. The Morgan fingerprint density at radius 2 is 2.12 bits per heavy atom. The van der Waals surface area contributed by atoms with E-state index in [2.05, 4.69) is 25.3 Å². The van der Waals surface area contributed by atoms with Gasteiger partial charge in [0.2, 0.25) is 11.2 Å². The number of H-pyrrole nitrogens is 1. The normalized spacial score (nSPS) is 12.2. The smallest absolute Gasteiger partial charge is 0.225 e. The number of carbonyl (C=O) groups is 1. The lowest BCUT2D eigenvalue weighted by Crippen LogP contribution is -2.26. The second kappa shape index (κ2) is 7.63. The van der Waals surface area contributed by atoms with Crippen molar-refractivity contribution in [2.24, 2.45) is 0 Å². The van der Waals surface area contributed by atoms with Gasteiger partial charge in [0.05, 0.1) is 12.4 Å². The number of fused-ring (bicyclic) bond motifs is 1. The Balaban J connectivity index is 1.54. The van der Waals surface area contributed by atoms with Gasteiger partial charge in [0.1, 0.15) is 10.5 Å². The summed E-state index contributed by atoms with van der Waals surface area (Å²) in [6, 6.07) is 9.86. The van der Waals surface area contributed by atoms with Crippen molar-refractivity contribution in [3.63, 3.8) is 0 Å². The van der Waals surface area contributed by atoms with Crippen LogP contribution < -0.4 is 5.32 Å². The summed E-state index contributed by atoms with van der Waals surface area (Å²) in [6.45, 7) is 1.97. The van der Waals surface area contributed by atoms with Crippen LogP contribution in [0.3, 0.4) is 0 Å². The Morgan fingerprint density at radius 1 is 1.33 bits per heavy atom. The van der Waals surface area contributed by atoms with E-state index in [0.717, 1.165) is 11.1 Å². The summed E-state index contributed by atoms with van der Waals surface area (Å²) in [4.78, 5) is 27.4. The summed E-state index contributed by atoms with van der Waals surface area (Å²) in [5.74, 6) is 0.592. The van der Waals surface area contributed by atoms with Crippen molar-refractivity contribution < 1.29 is 4.79 Å². The Morgan fingerprint density at radius 3 is 2.92 bits per heavy atom. The molecule has 0 unspecified atom stereocenters. The summed E-state index contributed by atoms with van der Waals surface area (Å²) >= 11 is 7.34. The van der Waals surface area contributed by atoms with Crippen LogP contribution >= 0.6 is 23.4 Å². The molecule has 3 rings (SSSR count). The van der Waals surface area contributed by atoms with E-state index in [1.54, 1.807) is 6.33 Å². The van der Waals surface area contributed by atoms with Crippen molar-refractivity contribution in [1.29, 1.82) is 0 Å². The molecular formula is C16H16ClN5OS. The van der Waals surface area contributed by atoms with Crippen LogP contribution in [-0.4, -0.2) is 31.6 Å². The van der Waals surface area contributed by atoms with Crippen LogP contribution in [0.1, 0.15) is 24.9 Å². The first kappa shape index (κ1) is 16.7. The third kappa shape index (κ3) is 4.04. The molecule has 0 radical (unpaired) electrons. The van der Waals surface area contributed by atoms with Crippen LogP contribution in [0.25, 0.3) is 11.2 Å². The highest BCUT2D eigenvalue weighted by atomic mass is 35.5. The molecule has 0 saturated carbocycles. The fourth-order valence-corrected chi connectivity index (χ4v) is 3.41. The molecule has 0 saturated heterocycles. The van der Waals surface area contributed by atoms with Crippen molar-refractivity contribution in [1.82, 2.24) is 25.3 Å². The SMILES string of the molecule is C[C@@H](NC(=O)CCSc1nc(Cl)nc2nc[nH]c12)c1ccccc1. The predicted octanol–water partition coefficient (Wildman–Crippen LogP) is 3.37. The molecule has 24 heavy (non-hydrogen) atoms. The molecule has 6 nitrogen and oxygen atoms in total. The van der Waals surface area contributed by atoms with Crippen molar-refractivity contribution in [3.05, 3.63) is 47.5 Å². The fourth-order valence-electron chi connectivity index (χ4n) is 2.26. The minimum atomic E-state index is -0.0171. The van der Waals surface area contributed by atoms with E-state index in [1.807, 2.05) is 37.3 Å². The second-order valence-electron chi connectivity index (χ2n) is 5.20. The zero-order valence-electron chi connectivity index (χ0n) is 13.0. The molecule has 2 N–H and O–H groups in total. The predicted molar refractivity (Wildman–Crippen MR) is 95.0 cm³/mol. The van der Waals surface area contributed by atoms with Gasteiger partial charge in [0.25, 0.3) is 0 Å². The number of thioether (sulfide) groups is 1. The molecular weight excluding hydrogens is 346 g/mol. The molecule has 0 fully saturated rings. The standard InChI is InChI=1S/C16H16ClN5OS/c1-10(11-5-3-2-4-6-11)20-12(23)7-8-24-15-13-14(19-9-18-13)21-16(17)22-15/h2-6,9-10H,7-8H2,1H3,(H,20,23)(H,18,19,21,22)/t10-/m1/s1. The monoisotopic (exact) mass is 361 g/mol. The molecule has 2 aromatic heterocycles. The van der Waals surface area contributed by atoms with Crippen LogP contribution in [0.2, 0.25) is 5.28 Å². The van der Waals surface area contributed by atoms with E-state index in [1.165, 1.54) is 11.8 Å². The number of nitrogens with one attached hydrogen (secondary N) is 2. The van der Waals surface area contributed by atoms with Crippen LogP contribution in [0.4, 0.5) is 0 Å². The first-order valence-corrected chi connectivity index (χ1v) is 8.83. The number of nitrogens with zero attached hydrogens (tertiary/aromatic N) is 3. The third-order valence-electron chi connectivity index (χ3n) is 3.47. The minimum Gasteiger partial charge on any atom is -0.350 e. The lowest BCUT2D eigenvalue weighted by Gasteiger charge is -2.14. The maximum atomic E-state index is 12.1. The average Bonchev–Trinajstić information content (AvgIpc) is 3.04. The van der Waals surface area contributed by atoms with Crippen LogP contribution in [-0.2, 0) is 4.79 Å². The molecule has 3 aromatic rings. The summed E-state index contributed by atoms with van der Waals surface area (Å²) in [6.07, 6.45) is 1.94. The minimum absolute atomic E-state index is 0.000129. The molecule has 0 aliphatic carbocycles. The zero-order valence-corrected chi connectivity index (χ0v) is 14.6. The van der Waals surface area contributed by atoms with Gasteiger partial charge in [0, 0.05) is 12.2 Å². The molecule has 0 aliphatic heterocycles. The molecule has 0 bridgehead atoms. The molecule has 1 amide bonds. The first-order valence-electron chi connectivity index (χ1n) is 7.47. The number of imidazole rings is 1. The maximum Gasteiger partial charge on any atom is 0.225 e. The Labute approximate surface area is 148 Å². The van der Waals surface area contributed by atoms with Crippen molar-refractivity contribution >= 4 is 40.4 Å². The summed E-state index contributed by atoms with van der Waals surface area (Å²) in [5.41, 5.74) is 2.35. The number of aromatic amines is 1. The highest BCUT2D eigenvalue weighted by Crippen LogP contribution is 2.24. The third-order valence-corrected chi connectivity index (χ3v) is 4.62. The van der Waals surface area contributed by atoms with Crippen LogP contribution in [0.15, 0.2) is 41.7 Å². The first-order chi connectivity index (χ1) is 11.6. The lowest BCUT2D eigenvalue weighted by molar-refractivity contribution is -0.121. The maximum absolute atomic E-state index is 12.1. The van der Waals surface area contributed by atoms with Crippen LogP contribution in [0.5, 0.6) is 0 Å². The van der Waals surface area contributed by atoms with E-state index < -0.39 is 0 Å². The summed E-state index contributed by atoms with van der Waals surface area (Å²) < 4.78 is 0. The number of aromatic nitrogens is 4. The number of hydrogen-bond donors (Lipinski definition) is 2. The molecule has 2 heterocycles. The van der Waals surface area contributed by atoms with Gasteiger partial charge < -0.3 is 10.3 Å². The average molecular weight is 362 g/mol. The molecule has 124 valence electrons.